The van der Waals surface area contributed by atoms with Gasteiger partial charge in [-0.1, -0.05) is 75.8 Å². The molecule has 172 valence electrons. The van der Waals surface area contributed by atoms with Crippen molar-refractivity contribution >= 4 is 23.7 Å². The number of aliphatic carboxylic acids is 1. The second-order valence-corrected chi connectivity index (χ2v) is 7.57. The summed E-state index contributed by atoms with van der Waals surface area (Å²) in [6.45, 7) is 1.41. The quantitative estimate of drug-likeness (QED) is 0.297. The molecule has 0 saturated carbocycles. The molecule has 0 fully saturated rings. The predicted octanol–water partition coefficient (Wildman–Crippen LogP) is 2.17. The maximum absolute atomic E-state index is 12.3. The molecule has 0 spiro atoms. The fraction of sp³-hybridized carbons (Fsp3) is 0.565. The first-order valence-corrected chi connectivity index (χ1v) is 11.0. The van der Waals surface area contributed by atoms with Crippen molar-refractivity contribution in [1.82, 2.24) is 16.0 Å². The maximum Gasteiger partial charge on any atom is 0.322 e. The number of hydrogen-bond donors (Lipinski definition) is 4. The van der Waals surface area contributed by atoms with E-state index < -0.39 is 30.4 Å². The van der Waals surface area contributed by atoms with Crippen LogP contribution in [-0.4, -0.2) is 47.9 Å². The summed E-state index contributed by atoms with van der Waals surface area (Å²) in [5.41, 5.74) is 0.821. The highest BCUT2D eigenvalue weighted by Crippen LogP contribution is 2.08. The van der Waals surface area contributed by atoms with Crippen molar-refractivity contribution in [2.75, 3.05) is 13.1 Å². The molecule has 0 aliphatic rings. The number of carbonyl (C=O) groups is 4. The number of rotatable bonds is 16. The number of carboxylic acid groups (broad SMARTS) is 1. The van der Waals surface area contributed by atoms with Gasteiger partial charge in [0.05, 0.1) is 6.54 Å². The van der Waals surface area contributed by atoms with Crippen molar-refractivity contribution in [1.29, 1.82) is 0 Å². The smallest absolute Gasteiger partial charge is 0.322 e. The minimum atomic E-state index is -1.17. The third kappa shape index (κ3) is 13.1. The topological polar surface area (TPSA) is 125 Å². The Labute approximate surface area is 184 Å². The van der Waals surface area contributed by atoms with Gasteiger partial charge in [-0.05, 0) is 12.0 Å². The van der Waals surface area contributed by atoms with Gasteiger partial charge in [-0.15, -0.1) is 0 Å². The van der Waals surface area contributed by atoms with Gasteiger partial charge < -0.3 is 21.1 Å². The van der Waals surface area contributed by atoms with Crippen LogP contribution in [0, 0.1) is 0 Å². The van der Waals surface area contributed by atoms with E-state index in [4.69, 9.17) is 5.11 Å². The summed E-state index contributed by atoms with van der Waals surface area (Å²) in [5, 5.41) is 16.2. The third-order valence-corrected chi connectivity index (χ3v) is 4.80. The van der Waals surface area contributed by atoms with Gasteiger partial charge in [0.15, 0.2) is 0 Å². The van der Waals surface area contributed by atoms with Crippen LogP contribution in [0.3, 0.4) is 0 Å². The van der Waals surface area contributed by atoms with Gasteiger partial charge in [-0.25, -0.2) is 0 Å². The number of carbonyl (C=O) groups excluding carboxylic acids is 3. The van der Waals surface area contributed by atoms with Gasteiger partial charge in [-0.3, -0.25) is 19.2 Å². The average Bonchev–Trinajstić information content (AvgIpc) is 2.75. The summed E-state index contributed by atoms with van der Waals surface area (Å²) in [7, 11) is 0. The van der Waals surface area contributed by atoms with Gasteiger partial charge in [0.1, 0.15) is 12.6 Å². The molecule has 8 heteroatoms. The molecule has 1 aromatic rings. The number of nitrogens with one attached hydrogen (secondary N) is 3. The Morgan fingerprint density at radius 2 is 1.48 bits per heavy atom. The number of unbranched alkanes of at least 4 members (excludes halogenated alkanes) is 6. The zero-order chi connectivity index (χ0) is 22.9. The second-order valence-electron chi connectivity index (χ2n) is 7.57. The first-order chi connectivity index (χ1) is 14.9. The molecule has 1 unspecified atom stereocenters. The molecule has 3 amide bonds. The standard InChI is InChI=1S/C23H35N3O5/c1-2-3-4-5-6-7-11-14-20(27)24-16-21(28)26-19(23(31)25-17-22(29)30)15-18-12-9-8-10-13-18/h8-10,12-13,19H,2-7,11,14-17H2,1H3,(H,24,27)(H,25,31)(H,26,28)(H,29,30). The van der Waals surface area contributed by atoms with Crippen molar-refractivity contribution in [3.05, 3.63) is 35.9 Å². The number of carboxylic acids is 1. The van der Waals surface area contributed by atoms with Crippen molar-refractivity contribution in [2.45, 2.75) is 70.8 Å². The van der Waals surface area contributed by atoms with Gasteiger partial charge in [0.2, 0.25) is 17.7 Å². The van der Waals surface area contributed by atoms with Crippen LogP contribution in [0.4, 0.5) is 0 Å². The zero-order valence-electron chi connectivity index (χ0n) is 18.3. The third-order valence-electron chi connectivity index (χ3n) is 4.80. The Hall–Kier alpha value is -2.90. The molecule has 0 saturated heterocycles. The first kappa shape index (κ1) is 26.1. The van der Waals surface area contributed by atoms with Crippen LogP contribution >= 0.6 is 0 Å². The normalized spacial score (nSPS) is 11.4. The summed E-state index contributed by atoms with van der Waals surface area (Å²) < 4.78 is 0. The minimum absolute atomic E-state index is 0.196. The van der Waals surface area contributed by atoms with E-state index in [0.717, 1.165) is 24.8 Å². The van der Waals surface area contributed by atoms with Crippen molar-refractivity contribution in [3.63, 3.8) is 0 Å². The summed E-state index contributed by atoms with van der Waals surface area (Å²) in [4.78, 5) is 47.2. The molecule has 0 radical (unpaired) electrons. The average molecular weight is 434 g/mol. The fourth-order valence-corrected chi connectivity index (χ4v) is 3.10. The van der Waals surface area contributed by atoms with E-state index in [9.17, 15) is 19.2 Å². The molecule has 1 rings (SSSR count). The lowest BCUT2D eigenvalue weighted by atomic mass is 10.1. The van der Waals surface area contributed by atoms with Crippen molar-refractivity contribution in [3.8, 4) is 0 Å². The maximum atomic E-state index is 12.3. The monoisotopic (exact) mass is 433 g/mol. The van der Waals surface area contributed by atoms with Gasteiger partial charge in [0.25, 0.3) is 0 Å². The highest BCUT2D eigenvalue weighted by Gasteiger charge is 2.21. The van der Waals surface area contributed by atoms with Gasteiger partial charge >= 0.3 is 5.97 Å². The molecule has 0 aliphatic heterocycles. The highest BCUT2D eigenvalue weighted by molar-refractivity contribution is 5.91. The van der Waals surface area contributed by atoms with E-state index in [1.807, 2.05) is 30.3 Å². The lowest BCUT2D eigenvalue weighted by Crippen LogP contribution is -2.51. The lowest BCUT2D eigenvalue weighted by molar-refractivity contribution is -0.138. The van der Waals surface area contributed by atoms with Crippen molar-refractivity contribution in [2.24, 2.45) is 0 Å². The number of benzene rings is 1. The second kappa shape index (κ2) is 15.9. The molecule has 0 bridgehead atoms. The molecule has 8 nitrogen and oxygen atoms in total. The van der Waals surface area contributed by atoms with Crippen LogP contribution in [0.15, 0.2) is 30.3 Å². The summed E-state index contributed by atoms with van der Waals surface area (Å²) in [6, 6.07) is 8.15. The zero-order valence-corrected chi connectivity index (χ0v) is 18.3. The number of hydrogen-bond acceptors (Lipinski definition) is 4. The van der Waals surface area contributed by atoms with E-state index in [1.165, 1.54) is 25.7 Å². The molecule has 0 aliphatic carbocycles. The molecule has 0 heterocycles. The molecular formula is C23H35N3O5. The summed E-state index contributed by atoms with van der Waals surface area (Å²) in [5.74, 6) is -2.46. The molecular weight excluding hydrogens is 398 g/mol. The fourth-order valence-electron chi connectivity index (χ4n) is 3.10. The van der Waals surface area contributed by atoms with Crippen LogP contribution in [0.25, 0.3) is 0 Å². The molecule has 1 aromatic carbocycles. The lowest BCUT2D eigenvalue weighted by Gasteiger charge is -2.18. The Morgan fingerprint density at radius 3 is 2.13 bits per heavy atom. The predicted molar refractivity (Wildman–Crippen MR) is 118 cm³/mol. The van der Waals surface area contributed by atoms with Gasteiger partial charge in [0, 0.05) is 12.8 Å². The summed E-state index contributed by atoms with van der Waals surface area (Å²) in [6.07, 6.45) is 8.34. The largest absolute Gasteiger partial charge is 0.480 e. The molecule has 4 N–H and O–H groups in total. The van der Waals surface area contributed by atoms with Crippen LogP contribution in [-0.2, 0) is 25.6 Å². The SMILES string of the molecule is CCCCCCCCCC(=O)NCC(=O)NC(Cc1ccccc1)C(=O)NCC(=O)O. The van der Waals surface area contributed by atoms with Crippen molar-refractivity contribution < 1.29 is 24.3 Å². The molecule has 0 aromatic heterocycles. The van der Waals surface area contributed by atoms with Crippen LogP contribution in [0.1, 0.15) is 63.9 Å². The van der Waals surface area contributed by atoms with E-state index >= 15 is 0 Å². The van der Waals surface area contributed by atoms with E-state index in [0.29, 0.717) is 6.42 Å². The number of amides is 3. The van der Waals surface area contributed by atoms with E-state index in [1.54, 1.807) is 0 Å². The van der Waals surface area contributed by atoms with Gasteiger partial charge in [-0.2, -0.15) is 0 Å². The van der Waals surface area contributed by atoms with Crippen LogP contribution in [0.5, 0.6) is 0 Å². The molecule has 31 heavy (non-hydrogen) atoms. The Balaban J connectivity index is 2.40. The van der Waals surface area contributed by atoms with E-state index in [2.05, 4.69) is 22.9 Å². The Bertz CT molecular complexity index is 694. The Kier molecular flexibility index (Phi) is 13.4. The summed E-state index contributed by atoms with van der Waals surface area (Å²) >= 11 is 0. The highest BCUT2D eigenvalue weighted by atomic mass is 16.4. The van der Waals surface area contributed by atoms with E-state index in [-0.39, 0.29) is 18.9 Å². The molecule has 1 atom stereocenters. The first-order valence-electron chi connectivity index (χ1n) is 11.0. The minimum Gasteiger partial charge on any atom is -0.480 e. The van der Waals surface area contributed by atoms with Crippen LogP contribution < -0.4 is 16.0 Å². The Morgan fingerprint density at radius 1 is 0.839 bits per heavy atom. The van der Waals surface area contributed by atoms with Crippen LogP contribution in [0.2, 0.25) is 0 Å².